The topological polar surface area (TPSA) is 52.3 Å². The standard InChI is InChI=1S/C11H14BrNO2/c1-7-8(9(14)5-6-13)3-4-10(15-2)11(7)12/h3-4H,5-6,13H2,1-2H3. The van der Waals surface area contributed by atoms with Crippen molar-refractivity contribution < 1.29 is 9.53 Å². The number of carbonyl (C=O) groups is 1. The van der Waals surface area contributed by atoms with Crippen molar-refractivity contribution in [3.63, 3.8) is 0 Å². The number of Topliss-reactive ketones (excluding diaryl/α,β-unsaturated/α-hetero) is 1. The Morgan fingerprint density at radius 3 is 2.73 bits per heavy atom. The molecule has 0 amide bonds. The maximum Gasteiger partial charge on any atom is 0.164 e. The summed E-state index contributed by atoms with van der Waals surface area (Å²) in [5.74, 6) is 0.801. The van der Waals surface area contributed by atoms with Gasteiger partial charge in [-0.1, -0.05) is 0 Å². The lowest BCUT2D eigenvalue weighted by molar-refractivity contribution is 0.0985. The molecular formula is C11H14BrNO2. The summed E-state index contributed by atoms with van der Waals surface area (Å²) in [4.78, 5) is 11.7. The number of hydrogen-bond acceptors (Lipinski definition) is 3. The number of rotatable bonds is 4. The smallest absolute Gasteiger partial charge is 0.164 e. The van der Waals surface area contributed by atoms with E-state index >= 15 is 0 Å². The maximum atomic E-state index is 11.7. The molecule has 1 aromatic carbocycles. The number of ketones is 1. The quantitative estimate of drug-likeness (QED) is 0.855. The second kappa shape index (κ2) is 5.28. The fraction of sp³-hybridized carbons (Fsp3) is 0.364. The first-order valence-electron chi connectivity index (χ1n) is 4.68. The molecule has 0 spiro atoms. The van der Waals surface area contributed by atoms with Gasteiger partial charge in [0.2, 0.25) is 0 Å². The number of benzene rings is 1. The Kier molecular flexibility index (Phi) is 4.29. The Morgan fingerprint density at radius 2 is 2.20 bits per heavy atom. The summed E-state index contributed by atoms with van der Waals surface area (Å²) in [7, 11) is 1.60. The van der Waals surface area contributed by atoms with Gasteiger partial charge in [0.05, 0.1) is 11.6 Å². The van der Waals surface area contributed by atoms with Crippen LogP contribution in [-0.4, -0.2) is 19.4 Å². The van der Waals surface area contributed by atoms with Gasteiger partial charge < -0.3 is 10.5 Å². The molecule has 0 atom stereocenters. The zero-order chi connectivity index (χ0) is 11.4. The summed E-state index contributed by atoms with van der Waals surface area (Å²) in [5.41, 5.74) is 6.95. The largest absolute Gasteiger partial charge is 0.496 e. The van der Waals surface area contributed by atoms with E-state index in [9.17, 15) is 4.79 Å². The van der Waals surface area contributed by atoms with Crippen LogP contribution in [-0.2, 0) is 0 Å². The van der Waals surface area contributed by atoms with Crippen LogP contribution >= 0.6 is 15.9 Å². The number of halogens is 1. The van der Waals surface area contributed by atoms with Crippen LogP contribution in [0.1, 0.15) is 22.3 Å². The molecule has 0 heterocycles. The van der Waals surface area contributed by atoms with Crippen molar-refractivity contribution in [2.75, 3.05) is 13.7 Å². The lowest BCUT2D eigenvalue weighted by atomic mass is 10.0. The third-order valence-corrected chi connectivity index (χ3v) is 3.23. The number of methoxy groups -OCH3 is 1. The van der Waals surface area contributed by atoms with E-state index in [1.54, 1.807) is 19.2 Å². The van der Waals surface area contributed by atoms with Crippen LogP contribution in [0.4, 0.5) is 0 Å². The molecule has 3 nitrogen and oxygen atoms in total. The van der Waals surface area contributed by atoms with Crippen molar-refractivity contribution in [3.05, 3.63) is 27.7 Å². The van der Waals surface area contributed by atoms with Gasteiger partial charge in [0.25, 0.3) is 0 Å². The second-order valence-electron chi connectivity index (χ2n) is 3.22. The number of carbonyl (C=O) groups excluding carboxylic acids is 1. The first-order valence-corrected chi connectivity index (χ1v) is 5.47. The molecule has 0 bridgehead atoms. The van der Waals surface area contributed by atoms with Gasteiger partial charge in [-0.3, -0.25) is 4.79 Å². The van der Waals surface area contributed by atoms with Crippen LogP contribution in [0.2, 0.25) is 0 Å². The van der Waals surface area contributed by atoms with Crippen molar-refractivity contribution in [1.82, 2.24) is 0 Å². The van der Waals surface area contributed by atoms with Crippen LogP contribution in [0.25, 0.3) is 0 Å². The van der Waals surface area contributed by atoms with Gasteiger partial charge >= 0.3 is 0 Å². The molecule has 0 fully saturated rings. The van der Waals surface area contributed by atoms with E-state index in [4.69, 9.17) is 10.5 Å². The minimum absolute atomic E-state index is 0.0679. The highest BCUT2D eigenvalue weighted by Gasteiger charge is 2.13. The Balaban J connectivity index is 3.11. The summed E-state index contributed by atoms with van der Waals surface area (Å²) < 4.78 is 5.96. The molecule has 0 saturated carbocycles. The summed E-state index contributed by atoms with van der Waals surface area (Å²) in [5, 5.41) is 0. The number of nitrogens with two attached hydrogens (primary N) is 1. The zero-order valence-corrected chi connectivity index (χ0v) is 10.4. The summed E-state index contributed by atoms with van der Waals surface area (Å²) in [6, 6.07) is 3.55. The fourth-order valence-corrected chi connectivity index (χ4v) is 1.89. The molecule has 82 valence electrons. The van der Waals surface area contributed by atoms with Crippen molar-refractivity contribution in [2.45, 2.75) is 13.3 Å². The van der Waals surface area contributed by atoms with Gasteiger partial charge in [0.15, 0.2) is 5.78 Å². The molecule has 1 rings (SSSR count). The molecule has 0 saturated heterocycles. The number of hydrogen-bond donors (Lipinski definition) is 1. The predicted molar refractivity (Wildman–Crippen MR) is 63.4 cm³/mol. The van der Waals surface area contributed by atoms with Crippen molar-refractivity contribution in [1.29, 1.82) is 0 Å². The van der Waals surface area contributed by atoms with Crippen molar-refractivity contribution in [2.24, 2.45) is 5.73 Å². The Labute approximate surface area is 97.7 Å². The van der Waals surface area contributed by atoms with Gasteiger partial charge in [-0.15, -0.1) is 0 Å². The molecule has 2 N–H and O–H groups in total. The van der Waals surface area contributed by atoms with E-state index in [-0.39, 0.29) is 5.78 Å². The van der Waals surface area contributed by atoms with Gasteiger partial charge in [-0.05, 0) is 47.1 Å². The van der Waals surface area contributed by atoms with Crippen LogP contribution in [0, 0.1) is 6.92 Å². The monoisotopic (exact) mass is 271 g/mol. The van der Waals surface area contributed by atoms with Gasteiger partial charge in [-0.2, -0.15) is 0 Å². The third kappa shape index (κ3) is 2.58. The molecule has 4 heteroatoms. The molecule has 0 unspecified atom stereocenters. The fourth-order valence-electron chi connectivity index (χ4n) is 1.39. The highest BCUT2D eigenvalue weighted by Crippen LogP contribution is 2.30. The lowest BCUT2D eigenvalue weighted by Gasteiger charge is -2.10. The Bertz CT molecular complexity index is 377. The molecule has 0 radical (unpaired) electrons. The normalized spacial score (nSPS) is 10.1. The average molecular weight is 272 g/mol. The van der Waals surface area contributed by atoms with Crippen LogP contribution in [0.5, 0.6) is 5.75 Å². The Morgan fingerprint density at radius 1 is 1.53 bits per heavy atom. The summed E-state index contributed by atoms with van der Waals surface area (Å²) in [6.07, 6.45) is 0.375. The minimum Gasteiger partial charge on any atom is -0.496 e. The first-order chi connectivity index (χ1) is 7.11. The Hall–Kier alpha value is -0.870. The van der Waals surface area contributed by atoms with E-state index in [1.807, 2.05) is 6.92 Å². The zero-order valence-electron chi connectivity index (χ0n) is 8.84. The number of ether oxygens (including phenoxy) is 1. The van der Waals surface area contributed by atoms with Crippen molar-refractivity contribution >= 4 is 21.7 Å². The van der Waals surface area contributed by atoms with Crippen LogP contribution in [0.3, 0.4) is 0 Å². The molecule has 0 aromatic heterocycles. The van der Waals surface area contributed by atoms with Gasteiger partial charge in [-0.25, -0.2) is 0 Å². The third-order valence-electron chi connectivity index (χ3n) is 2.24. The van der Waals surface area contributed by atoms with E-state index in [0.717, 1.165) is 15.8 Å². The van der Waals surface area contributed by atoms with E-state index in [2.05, 4.69) is 15.9 Å². The molecule has 0 aliphatic heterocycles. The SMILES string of the molecule is COc1ccc(C(=O)CCN)c(C)c1Br. The van der Waals surface area contributed by atoms with Crippen molar-refractivity contribution in [3.8, 4) is 5.75 Å². The lowest BCUT2D eigenvalue weighted by Crippen LogP contribution is -2.09. The second-order valence-corrected chi connectivity index (χ2v) is 4.01. The molecule has 15 heavy (non-hydrogen) atoms. The molecule has 1 aromatic rings. The van der Waals surface area contributed by atoms with E-state index in [0.29, 0.717) is 18.5 Å². The highest BCUT2D eigenvalue weighted by atomic mass is 79.9. The summed E-state index contributed by atoms with van der Waals surface area (Å²) in [6.45, 7) is 2.26. The summed E-state index contributed by atoms with van der Waals surface area (Å²) >= 11 is 3.40. The van der Waals surface area contributed by atoms with E-state index < -0.39 is 0 Å². The van der Waals surface area contributed by atoms with E-state index in [1.165, 1.54) is 0 Å². The van der Waals surface area contributed by atoms with Crippen LogP contribution < -0.4 is 10.5 Å². The van der Waals surface area contributed by atoms with Crippen LogP contribution in [0.15, 0.2) is 16.6 Å². The first kappa shape index (κ1) is 12.2. The van der Waals surface area contributed by atoms with Gasteiger partial charge in [0.1, 0.15) is 5.75 Å². The maximum absolute atomic E-state index is 11.7. The molecule has 0 aliphatic rings. The highest BCUT2D eigenvalue weighted by molar-refractivity contribution is 9.10. The average Bonchev–Trinajstić information content (AvgIpc) is 2.22. The van der Waals surface area contributed by atoms with Gasteiger partial charge in [0, 0.05) is 12.0 Å². The predicted octanol–water partition coefficient (Wildman–Crippen LogP) is 2.30. The molecule has 0 aliphatic carbocycles. The molecular weight excluding hydrogens is 258 g/mol. The minimum atomic E-state index is 0.0679.